The molecule has 0 aromatic carbocycles. The first-order valence-electron chi connectivity index (χ1n) is 6.17. The Morgan fingerprint density at radius 3 is 3.12 bits per heavy atom. The van der Waals surface area contributed by atoms with E-state index in [4.69, 9.17) is 4.74 Å². The van der Waals surface area contributed by atoms with Gasteiger partial charge in [-0.2, -0.15) is 0 Å². The third-order valence-corrected chi connectivity index (χ3v) is 2.73. The summed E-state index contributed by atoms with van der Waals surface area (Å²) in [5.74, 6) is 2.16. The van der Waals surface area contributed by atoms with Gasteiger partial charge in [-0.1, -0.05) is 0 Å². The highest BCUT2D eigenvalue weighted by atomic mass is 16.5. The molecule has 1 atom stereocenters. The Balaban J connectivity index is 1.86. The first kappa shape index (κ1) is 12.1. The van der Waals surface area contributed by atoms with Crippen LogP contribution < -0.4 is 15.4 Å². The number of aromatic nitrogens is 2. The lowest BCUT2D eigenvalue weighted by Crippen LogP contribution is -2.17. The van der Waals surface area contributed by atoms with Crippen molar-refractivity contribution in [3.63, 3.8) is 0 Å². The minimum Gasteiger partial charge on any atom is -0.475 e. The minimum atomic E-state index is 0.136. The molecule has 0 aliphatic carbocycles. The van der Waals surface area contributed by atoms with E-state index in [9.17, 15) is 0 Å². The fourth-order valence-corrected chi connectivity index (χ4v) is 1.88. The van der Waals surface area contributed by atoms with Gasteiger partial charge in [0.1, 0.15) is 12.1 Å². The van der Waals surface area contributed by atoms with Crippen molar-refractivity contribution in [2.45, 2.75) is 26.4 Å². The largest absolute Gasteiger partial charge is 0.475 e. The molecule has 1 saturated heterocycles. The van der Waals surface area contributed by atoms with Gasteiger partial charge in [0, 0.05) is 12.6 Å². The molecular weight excluding hydrogens is 216 g/mol. The predicted octanol–water partition coefficient (Wildman–Crippen LogP) is 1.29. The molecule has 5 heteroatoms. The van der Waals surface area contributed by atoms with Crippen LogP contribution in [0.5, 0.6) is 5.88 Å². The molecule has 17 heavy (non-hydrogen) atoms. The molecule has 0 radical (unpaired) electrons. The van der Waals surface area contributed by atoms with E-state index in [-0.39, 0.29) is 6.10 Å². The number of anilines is 1. The Morgan fingerprint density at radius 2 is 2.41 bits per heavy atom. The number of nitrogens with zero attached hydrogens (tertiary/aromatic N) is 2. The molecule has 0 bridgehead atoms. The Bertz CT molecular complexity index is 350. The second kappa shape index (κ2) is 5.82. The fraction of sp³-hybridized carbons (Fsp3) is 0.667. The number of hydrogen-bond donors (Lipinski definition) is 2. The average molecular weight is 236 g/mol. The molecule has 0 amide bonds. The maximum atomic E-state index is 5.52. The molecule has 1 fully saturated rings. The van der Waals surface area contributed by atoms with Gasteiger partial charge in [0.15, 0.2) is 0 Å². The Hall–Kier alpha value is -1.36. The summed E-state index contributed by atoms with van der Waals surface area (Å²) in [7, 11) is 0. The van der Waals surface area contributed by atoms with Gasteiger partial charge in [-0.25, -0.2) is 9.97 Å². The third kappa shape index (κ3) is 3.85. The van der Waals surface area contributed by atoms with Crippen LogP contribution in [0, 0.1) is 5.92 Å². The minimum absolute atomic E-state index is 0.136. The van der Waals surface area contributed by atoms with Crippen LogP contribution in [0.1, 0.15) is 20.3 Å². The van der Waals surface area contributed by atoms with Crippen LogP contribution in [0.15, 0.2) is 12.4 Å². The molecule has 0 spiro atoms. The average Bonchev–Trinajstić information content (AvgIpc) is 2.79. The van der Waals surface area contributed by atoms with E-state index in [1.165, 1.54) is 12.7 Å². The molecule has 1 aromatic rings. The number of hydrogen-bond acceptors (Lipinski definition) is 5. The zero-order chi connectivity index (χ0) is 12.1. The molecular formula is C12H20N4O. The zero-order valence-electron chi connectivity index (χ0n) is 10.4. The van der Waals surface area contributed by atoms with Gasteiger partial charge in [-0.15, -0.1) is 0 Å². The summed E-state index contributed by atoms with van der Waals surface area (Å²) in [6.07, 6.45) is 2.90. The lowest BCUT2D eigenvalue weighted by molar-refractivity contribution is 0.232. The lowest BCUT2D eigenvalue weighted by Gasteiger charge is -2.12. The maximum Gasteiger partial charge on any atom is 0.218 e. The van der Waals surface area contributed by atoms with E-state index >= 15 is 0 Å². The van der Waals surface area contributed by atoms with Gasteiger partial charge in [-0.3, -0.25) is 0 Å². The second-order valence-corrected chi connectivity index (χ2v) is 4.65. The van der Waals surface area contributed by atoms with Crippen LogP contribution in [0.4, 0.5) is 5.82 Å². The second-order valence-electron chi connectivity index (χ2n) is 4.65. The highest BCUT2D eigenvalue weighted by Gasteiger charge is 2.14. The van der Waals surface area contributed by atoms with E-state index < -0.39 is 0 Å². The topological polar surface area (TPSA) is 59.1 Å². The molecule has 0 saturated carbocycles. The van der Waals surface area contributed by atoms with E-state index in [0.29, 0.717) is 11.8 Å². The molecule has 0 unspecified atom stereocenters. The molecule has 1 aromatic heterocycles. The first-order chi connectivity index (χ1) is 8.24. The van der Waals surface area contributed by atoms with Crippen molar-refractivity contribution >= 4 is 5.82 Å². The molecule has 1 aliphatic heterocycles. The smallest absolute Gasteiger partial charge is 0.218 e. The summed E-state index contributed by atoms with van der Waals surface area (Å²) in [6.45, 7) is 7.13. The van der Waals surface area contributed by atoms with Gasteiger partial charge < -0.3 is 15.4 Å². The number of rotatable bonds is 5. The zero-order valence-corrected chi connectivity index (χ0v) is 10.4. The van der Waals surface area contributed by atoms with E-state index in [1.807, 2.05) is 19.9 Å². The van der Waals surface area contributed by atoms with E-state index in [1.54, 1.807) is 0 Å². The fourth-order valence-electron chi connectivity index (χ4n) is 1.88. The Kier molecular flexibility index (Phi) is 4.14. The monoisotopic (exact) mass is 236 g/mol. The number of ether oxygens (including phenoxy) is 1. The highest BCUT2D eigenvalue weighted by Crippen LogP contribution is 2.14. The Labute approximate surface area is 102 Å². The van der Waals surface area contributed by atoms with Gasteiger partial charge >= 0.3 is 0 Å². The maximum absolute atomic E-state index is 5.52. The van der Waals surface area contributed by atoms with E-state index in [2.05, 4.69) is 20.6 Å². The van der Waals surface area contributed by atoms with Gasteiger partial charge in [0.05, 0.1) is 6.10 Å². The summed E-state index contributed by atoms with van der Waals surface area (Å²) in [6, 6.07) is 1.85. The van der Waals surface area contributed by atoms with Crippen LogP contribution >= 0.6 is 0 Å². The van der Waals surface area contributed by atoms with E-state index in [0.717, 1.165) is 25.5 Å². The number of nitrogens with one attached hydrogen (secondary N) is 2. The van der Waals surface area contributed by atoms with Crippen molar-refractivity contribution in [3.8, 4) is 5.88 Å². The van der Waals surface area contributed by atoms with Crippen LogP contribution in [-0.2, 0) is 0 Å². The SMILES string of the molecule is CC(C)Oc1cc(NC[C@H]2CCNC2)ncn1. The lowest BCUT2D eigenvalue weighted by atomic mass is 10.1. The van der Waals surface area contributed by atoms with Crippen molar-refractivity contribution in [1.29, 1.82) is 0 Å². The third-order valence-electron chi connectivity index (χ3n) is 2.73. The van der Waals surface area contributed by atoms with Gasteiger partial charge in [0.25, 0.3) is 0 Å². The van der Waals surface area contributed by atoms with Crippen molar-refractivity contribution < 1.29 is 4.74 Å². The van der Waals surface area contributed by atoms with Crippen molar-refractivity contribution in [2.24, 2.45) is 5.92 Å². The summed E-state index contributed by atoms with van der Waals surface area (Å²) < 4.78 is 5.52. The van der Waals surface area contributed by atoms with Crippen LogP contribution in [0.25, 0.3) is 0 Å². The summed E-state index contributed by atoms with van der Waals surface area (Å²) in [4.78, 5) is 8.26. The molecule has 2 rings (SSSR count). The first-order valence-corrected chi connectivity index (χ1v) is 6.17. The van der Waals surface area contributed by atoms with Crippen molar-refractivity contribution in [2.75, 3.05) is 25.0 Å². The molecule has 2 N–H and O–H groups in total. The summed E-state index contributed by atoms with van der Waals surface area (Å²) in [5, 5.41) is 6.68. The summed E-state index contributed by atoms with van der Waals surface area (Å²) >= 11 is 0. The van der Waals surface area contributed by atoms with Crippen LogP contribution in [0.2, 0.25) is 0 Å². The predicted molar refractivity (Wildman–Crippen MR) is 67.3 cm³/mol. The Morgan fingerprint density at radius 1 is 1.53 bits per heavy atom. The van der Waals surface area contributed by atoms with Crippen molar-refractivity contribution in [3.05, 3.63) is 12.4 Å². The highest BCUT2D eigenvalue weighted by molar-refractivity contribution is 5.37. The van der Waals surface area contributed by atoms with Gasteiger partial charge in [-0.05, 0) is 39.3 Å². The van der Waals surface area contributed by atoms with Crippen molar-refractivity contribution in [1.82, 2.24) is 15.3 Å². The normalized spacial score (nSPS) is 19.6. The molecule has 1 aliphatic rings. The van der Waals surface area contributed by atoms with Gasteiger partial charge in [0.2, 0.25) is 5.88 Å². The van der Waals surface area contributed by atoms with Crippen LogP contribution in [-0.4, -0.2) is 35.7 Å². The van der Waals surface area contributed by atoms with Crippen LogP contribution in [0.3, 0.4) is 0 Å². The molecule has 2 heterocycles. The molecule has 94 valence electrons. The standard InChI is InChI=1S/C12H20N4O/c1-9(2)17-12-5-11(15-8-16-12)14-7-10-3-4-13-6-10/h5,8-10,13H,3-4,6-7H2,1-2H3,(H,14,15,16)/t10-/m0/s1. The molecule has 5 nitrogen and oxygen atoms in total. The quantitative estimate of drug-likeness (QED) is 0.806. The summed E-state index contributed by atoms with van der Waals surface area (Å²) in [5.41, 5.74) is 0.